The second-order valence-corrected chi connectivity index (χ2v) is 7.34. The van der Waals surface area contributed by atoms with Gasteiger partial charge in [0.05, 0.1) is 11.6 Å². The molecule has 2 N–H and O–H groups in total. The summed E-state index contributed by atoms with van der Waals surface area (Å²) in [6.07, 6.45) is -4.07. The first-order valence-electron chi connectivity index (χ1n) is 8.80. The van der Waals surface area contributed by atoms with Crippen LogP contribution < -0.4 is 10.6 Å². The molecular weight excluding hydrogens is 361 g/mol. The van der Waals surface area contributed by atoms with Gasteiger partial charge in [0, 0.05) is 0 Å². The van der Waals surface area contributed by atoms with Crippen LogP contribution >= 0.6 is 0 Å². The molecule has 0 saturated carbocycles. The predicted molar refractivity (Wildman–Crippen MR) is 96.1 cm³/mol. The summed E-state index contributed by atoms with van der Waals surface area (Å²) in [4.78, 5) is 24.2. The lowest BCUT2D eigenvalue weighted by Crippen LogP contribution is -2.47. The van der Waals surface area contributed by atoms with Gasteiger partial charge in [-0.05, 0) is 51.8 Å². The molecule has 0 spiro atoms. The number of hydrogen-bond donors (Lipinski definition) is 2. The van der Waals surface area contributed by atoms with E-state index in [4.69, 9.17) is 4.74 Å². The van der Waals surface area contributed by atoms with Gasteiger partial charge in [-0.2, -0.15) is 13.2 Å². The van der Waals surface area contributed by atoms with Gasteiger partial charge < -0.3 is 15.4 Å². The SMILES string of the molecule is CCCC(NC(=O)[C@H](C)NC(=O)OC(C)(C)C)c1cccc(C(F)(F)F)c1. The van der Waals surface area contributed by atoms with Gasteiger partial charge in [0.15, 0.2) is 0 Å². The number of rotatable bonds is 6. The van der Waals surface area contributed by atoms with Gasteiger partial charge in [0.1, 0.15) is 11.6 Å². The van der Waals surface area contributed by atoms with Gasteiger partial charge in [-0.1, -0.05) is 25.5 Å². The lowest BCUT2D eigenvalue weighted by Gasteiger charge is -2.24. The van der Waals surface area contributed by atoms with Gasteiger partial charge in [-0.15, -0.1) is 0 Å². The fourth-order valence-corrected chi connectivity index (χ4v) is 2.39. The topological polar surface area (TPSA) is 67.4 Å². The highest BCUT2D eigenvalue weighted by atomic mass is 19.4. The molecule has 1 rings (SSSR count). The molecule has 0 aromatic heterocycles. The van der Waals surface area contributed by atoms with Crippen molar-refractivity contribution in [2.24, 2.45) is 0 Å². The number of amides is 2. The highest BCUT2D eigenvalue weighted by Gasteiger charge is 2.31. The van der Waals surface area contributed by atoms with Gasteiger partial charge in [-0.3, -0.25) is 4.79 Å². The number of nitrogens with one attached hydrogen (secondary N) is 2. The van der Waals surface area contributed by atoms with E-state index in [-0.39, 0.29) is 0 Å². The minimum absolute atomic E-state index is 0.365. The van der Waals surface area contributed by atoms with Crippen LogP contribution in [0.4, 0.5) is 18.0 Å². The van der Waals surface area contributed by atoms with Crippen LogP contribution in [0.2, 0.25) is 0 Å². The Balaban J connectivity index is 2.85. The van der Waals surface area contributed by atoms with Crippen LogP contribution in [0, 0.1) is 0 Å². The molecule has 1 aromatic carbocycles. The zero-order valence-corrected chi connectivity index (χ0v) is 16.2. The fourth-order valence-electron chi connectivity index (χ4n) is 2.39. The molecular formula is C19H27F3N2O3. The normalized spacial score (nSPS) is 14.2. The van der Waals surface area contributed by atoms with Crippen LogP contribution in [0.5, 0.6) is 0 Å². The zero-order valence-electron chi connectivity index (χ0n) is 16.2. The van der Waals surface area contributed by atoms with Crippen molar-refractivity contribution in [1.29, 1.82) is 0 Å². The van der Waals surface area contributed by atoms with Gasteiger partial charge in [0.25, 0.3) is 0 Å². The Hall–Kier alpha value is -2.25. The molecule has 5 nitrogen and oxygen atoms in total. The zero-order chi connectivity index (χ0) is 20.8. The van der Waals surface area contributed by atoms with Crippen LogP contribution in [0.25, 0.3) is 0 Å². The Morgan fingerprint density at radius 1 is 1.15 bits per heavy atom. The van der Waals surface area contributed by atoms with Gasteiger partial charge >= 0.3 is 12.3 Å². The van der Waals surface area contributed by atoms with E-state index in [0.717, 1.165) is 12.1 Å². The Labute approximate surface area is 157 Å². The van der Waals surface area contributed by atoms with Crippen molar-refractivity contribution in [2.45, 2.75) is 71.3 Å². The van der Waals surface area contributed by atoms with Crippen molar-refractivity contribution >= 4 is 12.0 Å². The third-order valence-corrected chi connectivity index (χ3v) is 3.64. The highest BCUT2D eigenvalue weighted by Crippen LogP contribution is 2.31. The van der Waals surface area contributed by atoms with Crippen molar-refractivity contribution in [3.05, 3.63) is 35.4 Å². The number of halogens is 3. The first kappa shape index (κ1) is 22.8. The number of benzene rings is 1. The molecule has 0 aliphatic heterocycles. The van der Waals surface area contributed by atoms with Crippen LogP contribution in [0.3, 0.4) is 0 Å². The number of carbonyl (C=O) groups is 2. The standard InChI is InChI=1S/C19H27F3N2O3/c1-6-8-15(13-9-7-10-14(11-13)19(20,21)22)24-16(25)12(2)23-17(26)27-18(3,4)5/h7,9-12,15H,6,8H2,1-5H3,(H,23,26)(H,24,25)/t12-,15?/m0/s1. The van der Waals surface area contributed by atoms with E-state index in [2.05, 4.69) is 10.6 Å². The van der Waals surface area contributed by atoms with Crippen molar-refractivity contribution in [3.8, 4) is 0 Å². The second kappa shape index (κ2) is 9.10. The molecule has 0 heterocycles. The predicted octanol–water partition coefficient (Wildman–Crippen LogP) is 4.58. The number of ether oxygens (including phenoxy) is 1. The summed E-state index contributed by atoms with van der Waals surface area (Å²) >= 11 is 0. The molecule has 0 aliphatic carbocycles. The molecule has 0 bridgehead atoms. The molecule has 27 heavy (non-hydrogen) atoms. The number of alkyl halides is 3. The van der Waals surface area contributed by atoms with Gasteiger partial charge in [0.2, 0.25) is 5.91 Å². The summed E-state index contributed by atoms with van der Waals surface area (Å²) in [5, 5.41) is 5.12. The Kier molecular flexibility index (Phi) is 7.68. The molecule has 0 fully saturated rings. The molecule has 8 heteroatoms. The smallest absolute Gasteiger partial charge is 0.416 e. The van der Waals surface area contributed by atoms with E-state index in [1.807, 2.05) is 6.92 Å². The van der Waals surface area contributed by atoms with Crippen molar-refractivity contribution < 1.29 is 27.5 Å². The minimum atomic E-state index is -4.46. The summed E-state index contributed by atoms with van der Waals surface area (Å²) in [5.74, 6) is -0.503. The molecule has 0 radical (unpaired) electrons. The maximum atomic E-state index is 12.9. The third-order valence-electron chi connectivity index (χ3n) is 3.64. The van der Waals surface area contributed by atoms with Crippen LogP contribution in [-0.4, -0.2) is 23.6 Å². The van der Waals surface area contributed by atoms with E-state index in [1.54, 1.807) is 26.8 Å². The maximum absolute atomic E-state index is 12.9. The largest absolute Gasteiger partial charge is 0.444 e. The monoisotopic (exact) mass is 388 g/mol. The van der Waals surface area contributed by atoms with E-state index < -0.39 is 41.4 Å². The third kappa shape index (κ3) is 7.88. The highest BCUT2D eigenvalue weighted by molar-refractivity contribution is 5.85. The quantitative estimate of drug-likeness (QED) is 0.750. The number of carbonyl (C=O) groups excluding carboxylic acids is 2. The Morgan fingerprint density at radius 3 is 2.30 bits per heavy atom. The van der Waals surface area contributed by atoms with Gasteiger partial charge in [-0.25, -0.2) is 4.79 Å². The molecule has 0 aliphatic rings. The summed E-state index contributed by atoms with van der Waals surface area (Å²) in [6, 6.07) is 3.39. The minimum Gasteiger partial charge on any atom is -0.444 e. The lowest BCUT2D eigenvalue weighted by atomic mass is 9.99. The van der Waals surface area contributed by atoms with Crippen LogP contribution in [0.15, 0.2) is 24.3 Å². The van der Waals surface area contributed by atoms with Crippen LogP contribution in [0.1, 0.15) is 64.6 Å². The average Bonchev–Trinajstić information content (AvgIpc) is 2.51. The molecule has 152 valence electrons. The first-order chi connectivity index (χ1) is 12.3. The van der Waals surface area contributed by atoms with E-state index in [0.29, 0.717) is 18.4 Å². The van der Waals surface area contributed by atoms with Crippen molar-refractivity contribution in [3.63, 3.8) is 0 Å². The molecule has 2 amide bonds. The van der Waals surface area contributed by atoms with Crippen LogP contribution in [-0.2, 0) is 15.7 Å². The maximum Gasteiger partial charge on any atom is 0.416 e. The molecule has 1 aromatic rings. The summed E-state index contributed by atoms with van der Waals surface area (Å²) in [5.41, 5.74) is -1.11. The first-order valence-corrected chi connectivity index (χ1v) is 8.80. The summed E-state index contributed by atoms with van der Waals surface area (Å²) in [7, 11) is 0. The Bertz CT molecular complexity index is 654. The number of hydrogen-bond acceptors (Lipinski definition) is 3. The molecule has 1 unspecified atom stereocenters. The van der Waals surface area contributed by atoms with E-state index in [9.17, 15) is 22.8 Å². The Morgan fingerprint density at radius 2 is 1.78 bits per heavy atom. The summed E-state index contributed by atoms with van der Waals surface area (Å²) < 4.78 is 43.9. The molecule has 2 atom stereocenters. The van der Waals surface area contributed by atoms with E-state index >= 15 is 0 Å². The van der Waals surface area contributed by atoms with E-state index in [1.165, 1.54) is 13.0 Å². The molecule has 0 saturated heterocycles. The number of alkyl carbamates (subject to hydrolysis) is 1. The van der Waals surface area contributed by atoms with Crippen molar-refractivity contribution in [1.82, 2.24) is 10.6 Å². The lowest BCUT2D eigenvalue weighted by molar-refractivity contribution is -0.137. The second-order valence-electron chi connectivity index (χ2n) is 7.34. The van der Waals surface area contributed by atoms with Crippen molar-refractivity contribution in [2.75, 3.05) is 0 Å². The fraction of sp³-hybridized carbons (Fsp3) is 0.579. The average molecular weight is 388 g/mol. The summed E-state index contributed by atoms with van der Waals surface area (Å²) in [6.45, 7) is 8.44.